The number of nitriles is 1. The molecule has 2 rings (SSSR count). The maximum Gasteiger partial charge on any atom is 0.339 e. The molecule has 2 aromatic rings. The van der Waals surface area contributed by atoms with E-state index >= 15 is 0 Å². The molecule has 1 amide bonds. The number of nitro groups is 1. The minimum Gasteiger partial charge on any atom is -0.449 e. The first-order chi connectivity index (χ1) is 13.3. The normalized spacial score (nSPS) is 11.1. The highest BCUT2D eigenvalue weighted by Gasteiger charge is 2.22. The predicted molar refractivity (Wildman–Crippen MR) is 102 cm³/mol. The van der Waals surface area contributed by atoms with Crippen LogP contribution >= 0.6 is 11.6 Å². The summed E-state index contributed by atoms with van der Waals surface area (Å²) in [6, 6.07) is 10.0. The Kier molecular flexibility index (Phi) is 6.52. The summed E-state index contributed by atoms with van der Waals surface area (Å²) in [5.74, 6) is -1.51. The zero-order valence-corrected chi connectivity index (χ0v) is 15.6. The third kappa shape index (κ3) is 4.75. The first-order valence-electron chi connectivity index (χ1n) is 7.94. The van der Waals surface area contributed by atoms with Crippen LogP contribution in [0.15, 0.2) is 36.4 Å². The fourth-order valence-corrected chi connectivity index (χ4v) is 2.45. The monoisotopic (exact) mass is 402 g/mol. The van der Waals surface area contributed by atoms with E-state index in [0.29, 0.717) is 5.69 Å². The zero-order chi connectivity index (χ0) is 20.8. The number of amides is 1. The average molecular weight is 403 g/mol. The van der Waals surface area contributed by atoms with Crippen molar-refractivity contribution in [1.29, 1.82) is 5.26 Å². The first kappa shape index (κ1) is 20.7. The molecule has 1 atom stereocenters. The summed E-state index contributed by atoms with van der Waals surface area (Å²) in [5, 5.41) is 25.3. The maximum atomic E-state index is 12.2. The van der Waals surface area contributed by atoms with E-state index in [1.807, 2.05) is 6.07 Å². The number of benzene rings is 2. The molecule has 28 heavy (non-hydrogen) atoms. The molecule has 0 radical (unpaired) electrons. The number of hydrogen-bond acceptors (Lipinski definition) is 7. The van der Waals surface area contributed by atoms with E-state index in [2.05, 4.69) is 10.6 Å². The smallest absolute Gasteiger partial charge is 0.339 e. The Bertz CT molecular complexity index is 986. The van der Waals surface area contributed by atoms with Gasteiger partial charge in [0.2, 0.25) is 0 Å². The number of rotatable bonds is 6. The Hall–Kier alpha value is -3.64. The minimum atomic E-state index is -1.18. The number of carbonyl (C=O) groups is 2. The molecule has 10 heteroatoms. The van der Waals surface area contributed by atoms with Gasteiger partial charge in [0, 0.05) is 18.8 Å². The van der Waals surface area contributed by atoms with Crippen LogP contribution in [0.3, 0.4) is 0 Å². The molecule has 0 spiro atoms. The van der Waals surface area contributed by atoms with Crippen LogP contribution in [0.4, 0.5) is 17.1 Å². The molecular formula is C18H15ClN4O5. The third-order valence-electron chi connectivity index (χ3n) is 3.71. The van der Waals surface area contributed by atoms with Crippen molar-refractivity contribution in [1.82, 2.24) is 0 Å². The number of nitrogens with one attached hydrogen (secondary N) is 2. The van der Waals surface area contributed by atoms with Crippen LogP contribution in [0.25, 0.3) is 0 Å². The average Bonchev–Trinajstić information content (AvgIpc) is 2.67. The maximum absolute atomic E-state index is 12.2. The molecule has 144 valence electrons. The lowest BCUT2D eigenvalue weighted by atomic mass is 10.1. The van der Waals surface area contributed by atoms with Crippen molar-refractivity contribution >= 4 is 40.5 Å². The van der Waals surface area contributed by atoms with Gasteiger partial charge in [0.15, 0.2) is 6.10 Å². The zero-order valence-electron chi connectivity index (χ0n) is 14.9. The lowest BCUT2D eigenvalue weighted by molar-refractivity contribution is -0.384. The summed E-state index contributed by atoms with van der Waals surface area (Å²) in [6.07, 6.45) is -1.18. The molecule has 2 aromatic carbocycles. The standard InChI is InChI=1S/C18H15ClN4O5/c1-10(17(24)22-13-5-3-12(9-20)14(19)8-13)28-18(25)11-4-6-15(21-2)16(7-11)23(26)27/h3-8,10,21H,1-2H3,(H,22,24). The number of anilines is 2. The van der Waals surface area contributed by atoms with Crippen molar-refractivity contribution < 1.29 is 19.2 Å². The van der Waals surface area contributed by atoms with E-state index in [1.165, 1.54) is 44.3 Å². The third-order valence-corrected chi connectivity index (χ3v) is 4.02. The molecule has 0 aliphatic heterocycles. The van der Waals surface area contributed by atoms with Gasteiger partial charge < -0.3 is 15.4 Å². The number of hydrogen-bond donors (Lipinski definition) is 2. The lowest BCUT2D eigenvalue weighted by Gasteiger charge is -2.14. The second-order valence-corrected chi connectivity index (χ2v) is 5.99. The number of esters is 1. The highest BCUT2D eigenvalue weighted by atomic mass is 35.5. The van der Waals surface area contributed by atoms with Crippen molar-refractivity contribution in [2.45, 2.75) is 13.0 Å². The van der Waals surface area contributed by atoms with E-state index in [1.54, 1.807) is 0 Å². The second kappa shape index (κ2) is 8.83. The van der Waals surface area contributed by atoms with Crippen molar-refractivity contribution in [2.24, 2.45) is 0 Å². The Morgan fingerprint density at radius 3 is 2.57 bits per heavy atom. The number of nitrogens with zero attached hydrogens (tertiary/aromatic N) is 2. The number of halogens is 1. The second-order valence-electron chi connectivity index (χ2n) is 5.58. The molecule has 2 N–H and O–H groups in total. The van der Waals surface area contributed by atoms with Gasteiger partial charge in [-0.25, -0.2) is 4.79 Å². The summed E-state index contributed by atoms with van der Waals surface area (Å²) in [4.78, 5) is 34.9. The fraction of sp³-hybridized carbons (Fsp3) is 0.167. The van der Waals surface area contributed by atoms with Gasteiger partial charge in [-0.05, 0) is 37.3 Å². The van der Waals surface area contributed by atoms with E-state index in [-0.39, 0.29) is 27.5 Å². The van der Waals surface area contributed by atoms with Gasteiger partial charge in [0.25, 0.3) is 11.6 Å². The Morgan fingerprint density at radius 1 is 1.29 bits per heavy atom. The molecule has 1 unspecified atom stereocenters. The number of carbonyl (C=O) groups excluding carboxylic acids is 2. The summed E-state index contributed by atoms with van der Waals surface area (Å²) in [6.45, 7) is 1.36. The van der Waals surface area contributed by atoms with Crippen LogP contribution in [0.2, 0.25) is 5.02 Å². The molecule has 0 aliphatic rings. The van der Waals surface area contributed by atoms with E-state index in [0.717, 1.165) is 6.07 Å². The summed E-state index contributed by atoms with van der Waals surface area (Å²) in [5.41, 5.74) is 0.467. The molecule has 0 saturated heterocycles. The Morgan fingerprint density at radius 2 is 2.00 bits per heavy atom. The highest BCUT2D eigenvalue weighted by molar-refractivity contribution is 6.32. The van der Waals surface area contributed by atoms with Crippen LogP contribution in [0, 0.1) is 21.4 Å². The van der Waals surface area contributed by atoms with Crippen molar-refractivity contribution in [3.63, 3.8) is 0 Å². The van der Waals surface area contributed by atoms with Gasteiger partial charge in [0.1, 0.15) is 11.8 Å². The van der Waals surface area contributed by atoms with Crippen LogP contribution in [0.1, 0.15) is 22.8 Å². The molecule has 0 fully saturated rings. The van der Waals surface area contributed by atoms with Gasteiger partial charge in [-0.2, -0.15) is 5.26 Å². The van der Waals surface area contributed by atoms with Gasteiger partial charge in [-0.3, -0.25) is 14.9 Å². The molecular weight excluding hydrogens is 388 g/mol. The topological polar surface area (TPSA) is 134 Å². The highest BCUT2D eigenvalue weighted by Crippen LogP contribution is 2.25. The summed E-state index contributed by atoms with van der Waals surface area (Å²) >= 11 is 5.90. The quantitative estimate of drug-likeness (QED) is 0.429. The van der Waals surface area contributed by atoms with Crippen LogP contribution in [-0.4, -0.2) is 30.0 Å². The van der Waals surface area contributed by atoms with Gasteiger partial charge >= 0.3 is 5.97 Å². The largest absolute Gasteiger partial charge is 0.449 e. The van der Waals surface area contributed by atoms with E-state index in [9.17, 15) is 19.7 Å². The predicted octanol–water partition coefficient (Wildman–Crippen LogP) is 3.35. The van der Waals surface area contributed by atoms with Crippen molar-refractivity contribution in [2.75, 3.05) is 17.7 Å². The van der Waals surface area contributed by atoms with E-state index in [4.69, 9.17) is 21.6 Å². The van der Waals surface area contributed by atoms with Gasteiger partial charge in [0.05, 0.1) is 21.1 Å². The Balaban J connectivity index is 2.08. The minimum absolute atomic E-state index is 0.0632. The van der Waals surface area contributed by atoms with Crippen molar-refractivity contribution in [3.05, 3.63) is 62.7 Å². The molecule has 0 aromatic heterocycles. The molecule has 0 bridgehead atoms. The first-order valence-corrected chi connectivity index (χ1v) is 8.32. The molecule has 0 saturated carbocycles. The Labute approximate surface area is 165 Å². The van der Waals surface area contributed by atoms with Crippen molar-refractivity contribution in [3.8, 4) is 6.07 Å². The fourth-order valence-electron chi connectivity index (χ4n) is 2.23. The lowest BCUT2D eigenvalue weighted by Crippen LogP contribution is -2.30. The summed E-state index contributed by atoms with van der Waals surface area (Å²) < 4.78 is 5.07. The summed E-state index contributed by atoms with van der Waals surface area (Å²) in [7, 11) is 1.52. The number of nitro benzene ring substituents is 1. The molecule has 9 nitrogen and oxygen atoms in total. The van der Waals surface area contributed by atoms with Crippen LogP contribution < -0.4 is 10.6 Å². The van der Waals surface area contributed by atoms with Gasteiger partial charge in [-0.1, -0.05) is 11.6 Å². The molecule has 0 heterocycles. The van der Waals surface area contributed by atoms with E-state index < -0.39 is 22.9 Å². The van der Waals surface area contributed by atoms with Crippen LogP contribution in [0.5, 0.6) is 0 Å². The van der Waals surface area contributed by atoms with Crippen LogP contribution in [-0.2, 0) is 9.53 Å². The van der Waals surface area contributed by atoms with Gasteiger partial charge in [-0.15, -0.1) is 0 Å². The number of ether oxygens (including phenoxy) is 1. The molecule has 0 aliphatic carbocycles. The SMILES string of the molecule is CNc1ccc(C(=O)OC(C)C(=O)Nc2ccc(C#N)c(Cl)c2)cc1[N+](=O)[O-].